The van der Waals surface area contributed by atoms with Crippen LogP contribution in [0, 0.1) is 0 Å². The van der Waals surface area contributed by atoms with E-state index in [1.54, 1.807) is 23.5 Å². The van der Waals surface area contributed by atoms with E-state index in [2.05, 4.69) is 10.6 Å². The van der Waals surface area contributed by atoms with Gasteiger partial charge in [0.25, 0.3) is 0 Å². The third-order valence-corrected chi connectivity index (χ3v) is 3.77. The predicted octanol–water partition coefficient (Wildman–Crippen LogP) is 3.39. The maximum atomic E-state index is 11.9. The van der Waals surface area contributed by atoms with Crippen LogP contribution in [0.15, 0.2) is 41.1 Å². The van der Waals surface area contributed by atoms with E-state index in [9.17, 15) is 9.90 Å². The molecular formula is C16H20N2O3S. The molecule has 0 aliphatic rings. The Morgan fingerprint density at radius 3 is 2.91 bits per heavy atom. The van der Waals surface area contributed by atoms with Crippen LogP contribution in [-0.4, -0.2) is 24.3 Å². The van der Waals surface area contributed by atoms with E-state index in [-0.39, 0.29) is 6.03 Å². The molecule has 22 heavy (non-hydrogen) atoms. The Labute approximate surface area is 133 Å². The number of rotatable bonds is 7. The van der Waals surface area contributed by atoms with Crippen molar-refractivity contribution in [3.05, 3.63) is 46.7 Å². The zero-order chi connectivity index (χ0) is 15.8. The molecule has 1 atom stereocenters. The SMILES string of the molecule is CCOc1ccccc1NC(=O)NCCC(O)c1ccsc1. The summed E-state index contributed by atoms with van der Waals surface area (Å²) in [6.45, 7) is 2.81. The maximum Gasteiger partial charge on any atom is 0.319 e. The van der Waals surface area contributed by atoms with E-state index in [1.807, 2.05) is 35.9 Å². The van der Waals surface area contributed by atoms with Crippen LogP contribution in [0.3, 0.4) is 0 Å². The summed E-state index contributed by atoms with van der Waals surface area (Å²) in [5.41, 5.74) is 1.51. The highest BCUT2D eigenvalue weighted by Crippen LogP contribution is 2.23. The van der Waals surface area contributed by atoms with Crippen molar-refractivity contribution in [2.45, 2.75) is 19.4 Å². The zero-order valence-electron chi connectivity index (χ0n) is 12.4. The number of hydrogen-bond donors (Lipinski definition) is 3. The Bertz CT molecular complexity index is 587. The van der Waals surface area contributed by atoms with Crippen LogP contribution in [0.25, 0.3) is 0 Å². The number of para-hydroxylation sites is 2. The predicted molar refractivity (Wildman–Crippen MR) is 88.5 cm³/mol. The van der Waals surface area contributed by atoms with Gasteiger partial charge in [-0.05, 0) is 47.9 Å². The van der Waals surface area contributed by atoms with Crippen LogP contribution in [0.5, 0.6) is 5.75 Å². The second-order valence-electron chi connectivity index (χ2n) is 4.67. The highest BCUT2D eigenvalue weighted by Gasteiger charge is 2.10. The summed E-state index contributed by atoms with van der Waals surface area (Å²) in [4.78, 5) is 11.9. The van der Waals surface area contributed by atoms with Gasteiger partial charge < -0.3 is 20.5 Å². The second-order valence-corrected chi connectivity index (χ2v) is 5.45. The first-order chi connectivity index (χ1) is 10.7. The molecule has 2 rings (SSSR count). The van der Waals surface area contributed by atoms with E-state index < -0.39 is 6.10 Å². The molecule has 0 aliphatic carbocycles. The molecule has 1 unspecified atom stereocenters. The lowest BCUT2D eigenvalue weighted by atomic mass is 10.1. The number of carbonyl (C=O) groups is 1. The summed E-state index contributed by atoms with van der Waals surface area (Å²) in [6, 6.07) is 8.84. The molecule has 0 spiro atoms. The Morgan fingerprint density at radius 1 is 1.36 bits per heavy atom. The normalized spacial score (nSPS) is 11.7. The number of benzene rings is 1. The van der Waals surface area contributed by atoms with Gasteiger partial charge in [0.1, 0.15) is 5.75 Å². The van der Waals surface area contributed by atoms with Gasteiger partial charge in [-0.3, -0.25) is 0 Å². The van der Waals surface area contributed by atoms with Gasteiger partial charge in [-0.15, -0.1) is 0 Å². The molecule has 0 aliphatic heterocycles. The average Bonchev–Trinajstić information content (AvgIpc) is 3.04. The number of hydrogen-bond acceptors (Lipinski definition) is 4. The van der Waals surface area contributed by atoms with Crippen molar-refractivity contribution in [1.29, 1.82) is 0 Å². The molecule has 0 radical (unpaired) electrons. The first-order valence-electron chi connectivity index (χ1n) is 7.17. The van der Waals surface area contributed by atoms with Crippen molar-refractivity contribution in [2.24, 2.45) is 0 Å². The zero-order valence-corrected chi connectivity index (χ0v) is 13.2. The third-order valence-electron chi connectivity index (χ3n) is 3.07. The van der Waals surface area contributed by atoms with Gasteiger partial charge >= 0.3 is 6.03 Å². The Balaban J connectivity index is 1.78. The van der Waals surface area contributed by atoms with E-state index >= 15 is 0 Å². The summed E-state index contributed by atoms with van der Waals surface area (Å²) in [5, 5.41) is 19.2. The number of aliphatic hydroxyl groups excluding tert-OH is 1. The van der Waals surface area contributed by atoms with Crippen LogP contribution in [-0.2, 0) is 0 Å². The van der Waals surface area contributed by atoms with E-state index in [1.165, 1.54) is 0 Å². The van der Waals surface area contributed by atoms with Crippen molar-refractivity contribution in [3.8, 4) is 5.75 Å². The lowest BCUT2D eigenvalue weighted by Gasteiger charge is -2.13. The Kier molecular flexibility index (Phi) is 6.24. The van der Waals surface area contributed by atoms with Crippen molar-refractivity contribution in [2.75, 3.05) is 18.5 Å². The van der Waals surface area contributed by atoms with Gasteiger partial charge in [-0.1, -0.05) is 12.1 Å². The average molecular weight is 320 g/mol. The van der Waals surface area contributed by atoms with Crippen LogP contribution in [0.2, 0.25) is 0 Å². The second kappa shape index (κ2) is 8.41. The number of ether oxygens (including phenoxy) is 1. The van der Waals surface area contributed by atoms with Gasteiger partial charge in [0.2, 0.25) is 0 Å². The lowest BCUT2D eigenvalue weighted by Crippen LogP contribution is -2.30. The number of thiophene rings is 1. The summed E-state index contributed by atoms with van der Waals surface area (Å²) in [6.07, 6.45) is -0.0840. The largest absolute Gasteiger partial charge is 0.492 e. The minimum Gasteiger partial charge on any atom is -0.492 e. The van der Waals surface area contributed by atoms with Gasteiger partial charge in [0.05, 0.1) is 18.4 Å². The summed E-state index contributed by atoms with van der Waals surface area (Å²) in [5.74, 6) is 0.637. The van der Waals surface area contributed by atoms with Crippen LogP contribution < -0.4 is 15.4 Å². The minimum absolute atomic E-state index is 0.315. The molecule has 1 aromatic heterocycles. The standard InChI is InChI=1S/C16H20N2O3S/c1-2-21-15-6-4-3-5-13(15)18-16(20)17-9-7-14(19)12-8-10-22-11-12/h3-6,8,10-11,14,19H,2,7,9H2,1H3,(H2,17,18,20). The van der Waals surface area contributed by atoms with Gasteiger partial charge in [0, 0.05) is 6.54 Å². The Morgan fingerprint density at radius 2 is 2.18 bits per heavy atom. The molecule has 0 saturated carbocycles. The number of carbonyl (C=O) groups excluding carboxylic acids is 1. The van der Waals surface area contributed by atoms with Crippen LogP contribution in [0.1, 0.15) is 25.0 Å². The summed E-state index contributed by atoms with van der Waals surface area (Å²) in [7, 11) is 0. The van der Waals surface area contributed by atoms with Crippen molar-refractivity contribution >= 4 is 23.1 Å². The number of nitrogens with one attached hydrogen (secondary N) is 2. The minimum atomic E-state index is -0.553. The third kappa shape index (κ3) is 4.75. The molecular weight excluding hydrogens is 300 g/mol. The van der Waals surface area contributed by atoms with Crippen LogP contribution in [0.4, 0.5) is 10.5 Å². The first-order valence-corrected chi connectivity index (χ1v) is 8.11. The van der Waals surface area contributed by atoms with Gasteiger partial charge in [-0.2, -0.15) is 11.3 Å². The molecule has 0 fully saturated rings. The molecule has 5 nitrogen and oxygen atoms in total. The smallest absolute Gasteiger partial charge is 0.319 e. The maximum absolute atomic E-state index is 11.9. The molecule has 0 saturated heterocycles. The lowest BCUT2D eigenvalue weighted by molar-refractivity contribution is 0.168. The molecule has 0 bridgehead atoms. The van der Waals surface area contributed by atoms with E-state index in [0.717, 1.165) is 5.56 Å². The summed E-state index contributed by atoms with van der Waals surface area (Å²) < 4.78 is 5.45. The molecule has 2 amide bonds. The number of urea groups is 1. The fraction of sp³-hybridized carbons (Fsp3) is 0.312. The molecule has 1 heterocycles. The monoisotopic (exact) mass is 320 g/mol. The number of aliphatic hydroxyl groups is 1. The highest BCUT2D eigenvalue weighted by atomic mass is 32.1. The van der Waals surface area contributed by atoms with E-state index in [0.29, 0.717) is 31.0 Å². The van der Waals surface area contributed by atoms with Crippen molar-refractivity contribution in [3.63, 3.8) is 0 Å². The fourth-order valence-electron chi connectivity index (χ4n) is 1.97. The number of anilines is 1. The molecule has 3 N–H and O–H groups in total. The van der Waals surface area contributed by atoms with Crippen LogP contribution >= 0.6 is 11.3 Å². The fourth-order valence-corrected chi connectivity index (χ4v) is 2.68. The highest BCUT2D eigenvalue weighted by molar-refractivity contribution is 7.07. The first kappa shape index (κ1) is 16.3. The van der Waals surface area contributed by atoms with Crippen molar-refractivity contribution in [1.82, 2.24) is 5.32 Å². The Hall–Kier alpha value is -2.05. The quantitative estimate of drug-likeness (QED) is 0.732. The van der Waals surface area contributed by atoms with Gasteiger partial charge in [0.15, 0.2) is 0 Å². The summed E-state index contributed by atoms with van der Waals surface area (Å²) >= 11 is 1.54. The molecule has 6 heteroatoms. The molecule has 1 aromatic carbocycles. The van der Waals surface area contributed by atoms with Crippen molar-refractivity contribution < 1.29 is 14.6 Å². The number of amides is 2. The molecule has 118 valence electrons. The van der Waals surface area contributed by atoms with E-state index in [4.69, 9.17) is 4.74 Å². The topological polar surface area (TPSA) is 70.6 Å². The molecule has 2 aromatic rings. The van der Waals surface area contributed by atoms with Gasteiger partial charge in [-0.25, -0.2) is 4.79 Å².